The second-order valence-electron chi connectivity index (χ2n) is 5.71. The SMILES string of the molecule is CCCN(CCCl)C(=O)CC1CC2CCC1C2. The summed E-state index contributed by atoms with van der Waals surface area (Å²) < 4.78 is 0. The molecule has 3 heteroatoms. The van der Waals surface area contributed by atoms with E-state index in [-0.39, 0.29) is 0 Å². The van der Waals surface area contributed by atoms with E-state index in [1.165, 1.54) is 25.7 Å². The first kappa shape index (κ1) is 13.2. The van der Waals surface area contributed by atoms with Gasteiger partial charge in [0.2, 0.25) is 5.91 Å². The largest absolute Gasteiger partial charge is 0.342 e. The second-order valence-corrected chi connectivity index (χ2v) is 6.09. The molecule has 3 unspecified atom stereocenters. The van der Waals surface area contributed by atoms with Gasteiger partial charge in [0, 0.05) is 25.4 Å². The van der Waals surface area contributed by atoms with E-state index in [0.29, 0.717) is 17.7 Å². The molecule has 2 nitrogen and oxygen atoms in total. The molecule has 2 saturated carbocycles. The molecule has 0 saturated heterocycles. The Labute approximate surface area is 110 Å². The van der Waals surface area contributed by atoms with E-state index in [1.54, 1.807) is 0 Å². The molecule has 98 valence electrons. The number of halogens is 1. The molecule has 0 aromatic rings. The zero-order valence-corrected chi connectivity index (χ0v) is 11.6. The topological polar surface area (TPSA) is 20.3 Å². The van der Waals surface area contributed by atoms with Gasteiger partial charge in [-0.25, -0.2) is 0 Å². The van der Waals surface area contributed by atoms with Crippen LogP contribution in [0.2, 0.25) is 0 Å². The average Bonchev–Trinajstić information content (AvgIpc) is 2.90. The Kier molecular flexibility index (Phi) is 4.72. The van der Waals surface area contributed by atoms with Crippen molar-refractivity contribution in [1.82, 2.24) is 4.90 Å². The van der Waals surface area contributed by atoms with Gasteiger partial charge < -0.3 is 4.90 Å². The highest BCUT2D eigenvalue weighted by atomic mass is 35.5. The van der Waals surface area contributed by atoms with E-state index in [0.717, 1.165) is 37.8 Å². The molecule has 0 heterocycles. The summed E-state index contributed by atoms with van der Waals surface area (Å²) >= 11 is 5.76. The maximum absolute atomic E-state index is 12.2. The molecule has 2 aliphatic rings. The highest BCUT2D eigenvalue weighted by Crippen LogP contribution is 2.49. The maximum atomic E-state index is 12.2. The van der Waals surface area contributed by atoms with Crippen LogP contribution in [-0.4, -0.2) is 29.8 Å². The molecule has 2 fully saturated rings. The van der Waals surface area contributed by atoms with E-state index in [1.807, 2.05) is 4.90 Å². The van der Waals surface area contributed by atoms with Gasteiger partial charge in [-0.15, -0.1) is 11.6 Å². The van der Waals surface area contributed by atoms with Crippen LogP contribution in [0.5, 0.6) is 0 Å². The van der Waals surface area contributed by atoms with E-state index in [9.17, 15) is 4.79 Å². The van der Waals surface area contributed by atoms with Crippen molar-refractivity contribution in [3.05, 3.63) is 0 Å². The van der Waals surface area contributed by atoms with Crippen molar-refractivity contribution in [2.45, 2.75) is 45.4 Å². The third-order valence-corrected chi connectivity index (χ3v) is 4.69. The summed E-state index contributed by atoms with van der Waals surface area (Å²) in [5.41, 5.74) is 0. The number of carbonyl (C=O) groups is 1. The van der Waals surface area contributed by atoms with E-state index >= 15 is 0 Å². The van der Waals surface area contributed by atoms with Gasteiger partial charge in [0.25, 0.3) is 0 Å². The molecule has 17 heavy (non-hydrogen) atoms. The van der Waals surface area contributed by atoms with Crippen LogP contribution in [-0.2, 0) is 4.79 Å². The zero-order chi connectivity index (χ0) is 12.3. The molecule has 0 N–H and O–H groups in total. The lowest BCUT2D eigenvalue weighted by atomic mass is 9.86. The Morgan fingerprint density at radius 1 is 1.29 bits per heavy atom. The minimum absolute atomic E-state index is 0.338. The molecule has 0 radical (unpaired) electrons. The predicted molar refractivity (Wildman–Crippen MR) is 71.1 cm³/mol. The van der Waals surface area contributed by atoms with Crippen molar-refractivity contribution in [2.75, 3.05) is 19.0 Å². The van der Waals surface area contributed by atoms with Gasteiger partial charge in [0.1, 0.15) is 0 Å². The summed E-state index contributed by atoms with van der Waals surface area (Å²) in [5, 5.41) is 0. The van der Waals surface area contributed by atoms with Gasteiger partial charge in [-0.1, -0.05) is 13.3 Å². The maximum Gasteiger partial charge on any atom is 0.222 e. The van der Waals surface area contributed by atoms with Gasteiger partial charge in [-0.2, -0.15) is 0 Å². The number of carbonyl (C=O) groups excluding carboxylic acids is 1. The first-order valence-electron chi connectivity index (χ1n) is 7.08. The van der Waals surface area contributed by atoms with Gasteiger partial charge in [-0.3, -0.25) is 4.79 Å². The fourth-order valence-electron chi connectivity index (χ4n) is 3.71. The van der Waals surface area contributed by atoms with Crippen LogP contribution in [0.4, 0.5) is 0 Å². The highest BCUT2D eigenvalue weighted by Gasteiger charge is 2.40. The molecular formula is C14H24ClNO. The van der Waals surface area contributed by atoms with Crippen molar-refractivity contribution in [2.24, 2.45) is 17.8 Å². The Hall–Kier alpha value is -0.240. The van der Waals surface area contributed by atoms with Crippen molar-refractivity contribution >= 4 is 17.5 Å². The Morgan fingerprint density at radius 3 is 2.65 bits per heavy atom. The fraction of sp³-hybridized carbons (Fsp3) is 0.929. The second kappa shape index (κ2) is 6.08. The van der Waals surface area contributed by atoms with Crippen LogP contribution in [0.3, 0.4) is 0 Å². The molecule has 0 aromatic carbocycles. The van der Waals surface area contributed by atoms with Gasteiger partial charge in [0.05, 0.1) is 0 Å². The van der Waals surface area contributed by atoms with Gasteiger partial charge >= 0.3 is 0 Å². The smallest absolute Gasteiger partial charge is 0.222 e. The lowest BCUT2D eigenvalue weighted by Crippen LogP contribution is -2.35. The standard InChI is InChI=1S/C14H24ClNO/c1-2-6-16(7-5-15)14(17)10-13-9-11-3-4-12(13)8-11/h11-13H,2-10H2,1H3. The van der Waals surface area contributed by atoms with Crippen molar-refractivity contribution in [3.8, 4) is 0 Å². The minimum Gasteiger partial charge on any atom is -0.342 e. The summed E-state index contributed by atoms with van der Waals surface area (Å²) in [4.78, 5) is 14.2. The number of fused-ring (bicyclic) bond motifs is 2. The summed E-state index contributed by atoms with van der Waals surface area (Å²) in [7, 11) is 0. The fourth-order valence-corrected chi connectivity index (χ4v) is 3.92. The van der Waals surface area contributed by atoms with Crippen LogP contribution in [0.25, 0.3) is 0 Å². The van der Waals surface area contributed by atoms with E-state index < -0.39 is 0 Å². The molecule has 2 bridgehead atoms. The highest BCUT2D eigenvalue weighted by molar-refractivity contribution is 6.18. The third kappa shape index (κ3) is 3.15. The molecule has 2 aliphatic carbocycles. The van der Waals surface area contributed by atoms with Crippen LogP contribution >= 0.6 is 11.6 Å². The Bertz CT molecular complexity index is 263. The number of amides is 1. The summed E-state index contributed by atoms with van der Waals surface area (Å²) in [6.45, 7) is 3.70. The first-order valence-corrected chi connectivity index (χ1v) is 7.61. The normalized spacial score (nSPS) is 30.8. The minimum atomic E-state index is 0.338. The van der Waals surface area contributed by atoms with Gasteiger partial charge in [0.15, 0.2) is 0 Å². The molecule has 0 spiro atoms. The number of nitrogens with zero attached hydrogens (tertiary/aromatic N) is 1. The van der Waals surface area contributed by atoms with E-state index in [2.05, 4.69) is 6.92 Å². The Morgan fingerprint density at radius 2 is 2.12 bits per heavy atom. The first-order chi connectivity index (χ1) is 8.24. The number of hydrogen-bond donors (Lipinski definition) is 0. The number of alkyl halides is 1. The third-order valence-electron chi connectivity index (χ3n) is 4.52. The van der Waals surface area contributed by atoms with Crippen LogP contribution in [0.15, 0.2) is 0 Å². The average molecular weight is 258 g/mol. The lowest BCUT2D eigenvalue weighted by molar-refractivity contribution is -0.132. The van der Waals surface area contributed by atoms with Crippen molar-refractivity contribution in [1.29, 1.82) is 0 Å². The summed E-state index contributed by atoms with van der Waals surface area (Å²) in [5.74, 6) is 3.36. The summed E-state index contributed by atoms with van der Waals surface area (Å²) in [6.07, 6.45) is 7.28. The molecule has 0 aliphatic heterocycles. The van der Waals surface area contributed by atoms with Gasteiger partial charge in [-0.05, 0) is 43.4 Å². The van der Waals surface area contributed by atoms with E-state index in [4.69, 9.17) is 11.6 Å². The Balaban J connectivity index is 1.82. The quantitative estimate of drug-likeness (QED) is 0.669. The number of hydrogen-bond acceptors (Lipinski definition) is 1. The molecule has 3 atom stereocenters. The zero-order valence-electron chi connectivity index (χ0n) is 10.8. The predicted octanol–water partition coefficient (Wildman–Crippen LogP) is 3.29. The molecule has 2 rings (SSSR count). The number of rotatable bonds is 6. The summed E-state index contributed by atoms with van der Waals surface area (Å²) in [6, 6.07) is 0. The molecular weight excluding hydrogens is 234 g/mol. The lowest BCUT2D eigenvalue weighted by Gasteiger charge is -2.26. The van der Waals surface area contributed by atoms with Crippen molar-refractivity contribution < 1.29 is 4.79 Å². The monoisotopic (exact) mass is 257 g/mol. The van der Waals surface area contributed by atoms with Crippen molar-refractivity contribution in [3.63, 3.8) is 0 Å². The van der Waals surface area contributed by atoms with Crippen LogP contribution < -0.4 is 0 Å². The molecule has 0 aromatic heterocycles. The van der Waals surface area contributed by atoms with Crippen LogP contribution in [0.1, 0.15) is 45.4 Å². The van der Waals surface area contributed by atoms with Crippen LogP contribution in [0, 0.1) is 17.8 Å². The molecule has 1 amide bonds.